The molecule has 0 atom stereocenters. The Morgan fingerprint density at radius 1 is 0.957 bits per heavy atom. The number of benzene rings is 2. The predicted octanol–water partition coefficient (Wildman–Crippen LogP) is 4.36. The predicted molar refractivity (Wildman–Crippen MR) is 91.8 cm³/mol. The third kappa shape index (κ3) is 1.65. The van der Waals surface area contributed by atoms with Crippen molar-refractivity contribution in [3.8, 4) is 17.0 Å². The average Bonchev–Trinajstić information content (AvgIpc) is 3.01. The van der Waals surface area contributed by atoms with E-state index in [-0.39, 0.29) is 0 Å². The van der Waals surface area contributed by atoms with Gasteiger partial charge in [0.25, 0.3) is 0 Å². The van der Waals surface area contributed by atoms with Crippen LogP contribution >= 0.6 is 0 Å². The van der Waals surface area contributed by atoms with Gasteiger partial charge < -0.3 is 4.74 Å². The van der Waals surface area contributed by atoms with Crippen LogP contribution in [0.25, 0.3) is 32.9 Å². The Hall–Kier alpha value is -2.94. The number of hydrogen-bond acceptors (Lipinski definition) is 3. The van der Waals surface area contributed by atoms with E-state index in [2.05, 4.69) is 41.4 Å². The number of fused-ring (bicyclic) bond motifs is 7. The SMILES string of the molecule is COc1cc2ccccc2c2c1-c1ncc3cccnc3c1C2. The first-order valence-corrected chi connectivity index (χ1v) is 7.68. The normalized spacial score (nSPS) is 12.4. The van der Waals surface area contributed by atoms with Crippen molar-refractivity contribution in [1.29, 1.82) is 0 Å². The van der Waals surface area contributed by atoms with Gasteiger partial charge in [-0.1, -0.05) is 24.3 Å². The molecule has 1 aliphatic rings. The third-order valence-corrected chi connectivity index (χ3v) is 4.67. The average molecular weight is 298 g/mol. The van der Waals surface area contributed by atoms with Gasteiger partial charge in [0, 0.05) is 35.3 Å². The van der Waals surface area contributed by atoms with Gasteiger partial charge in [0.1, 0.15) is 5.75 Å². The van der Waals surface area contributed by atoms with Crippen LogP contribution in [-0.4, -0.2) is 17.1 Å². The lowest BCUT2D eigenvalue weighted by Crippen LogP contribution is -1.92. The van der Waals surface area contributed by atoms with Gasteiger partial charge in [-0.2, -0.15) is 0 Å². The molecule has 0 spiro atoms. The smallest absolute Gasteiger partial charge is 0.129 e. The van der Waals surface area contributed by atoms with Crippen molar-refractivity contribution in [2.45, 2.75) is 6.42 Å². The maximum absolute atomic E-state index is 5.67. The summed E-state index contributed by atoms with van der Waals surface area (Å²) in [4.78, 5) is 9.31. The van der Waals surface area contributed by atoms with Crippen molar-refractivity contribution in [1.82, 2.24) is 9.97 Å². The van der Waals surface area contributed by atoms with Crippen molar-refractivity contribution in [2.24, 2.45) is 0 Å². The second-order valence-electron chi connectivity index (χ2n) is 5.86. The molecular weight excluding hydrogens is 284 g/mol. The van der Waals surface area contributed by atoms with E-state index in [0.717, 1.165) is 34.3 Å². The number of rotatable bonds is 1. The number of aromatic nitrogens is 2. The fourth-order valence-electron chi connectivity index (χ4n) is 3.66. The monoisotopic (exact) mass is 298 g/mol. The Labute approximate surface area is 133 Å². The molecule has 4 aromatic rings. The van der Waals surface area contributed by atoms with Crippen LogP contribution in [0, 0.1) is 0 Å². The Morgan fingerprint density at radius 2 is 1.83 bits per heavy atom. The Kier molecular flexibility index (Phi) is 2.48. The largest absolute Gasteiger partial charge is 0.496 e. The summed E-state index contributed by atoms with van der Waals surface area (Å²) < 4.78 is 5.67. The first-order valence-electron chi connectivity index (χ1n) is 7.68. The van der Waals surface area contributed by atoms with Gasteiger partial charge in [-0.05, 0) is 34.5 Å². The topological polar surface area (TPSA) is 35.0 Å². The van der Waals surface area contributed by atoms with Gasteiger partial charge in [0.05, 0.1) is 18.3 Å². The zero-order valence-corrected chi connectivity index (χ0v) is 12.7. The quantitative estimate of drug-likeness (QED) is 0.461. The Balaban J connectivity index is 1.92. The zero-order valence-electron chi connectivity index (χ0n) is 12.7. The molecule has 0 saturated carbocycles. The maximum atomic E-state index is 5.67. The minimum atomic E-state index is 0.851. The van der Waals surface area contributed by atoms with Crippen LogP contribution in [-0.2, 0) is 6.42 Å². The molecule has 110 valence electrons. The first kappa shape index (κ1) is 12.6. The van der Waals surface area contributed by atoms with Crippen LogP contribution in [0.2, 0.25) is 0 Å². The molecule has 23 heavy (non-hydrogen) atoms. The van der Waals surface area contributed by atoms with Crippen molar-refractivity contribution < 1.29 is 4.74 Å². The number of hydrogen-bond donors (Lipinski definition) is 0. The molecule has 3 nitrogen and oxygen atoms in total. The number of methoxy groups -OCH3 is 1. The molecule has 2 aromatic heterocycles. The van der Waals surface area contributed by atoms with E-state index in [4.69, 9.17) is 9.72 Å². The van der Waals surface area contributed by atoms with Crippen LogP contribution in [0.15, 0.2) is 54.9 Å². The van der Waals surface area contributed by atoms with Gasteiger partial charge in [-0.3, -0.25) is 9.97 Å². The van der Waals surface area contributed by atoms with Crippen LogP contribution < -0.4 is 4.74 Å². The standard InChI is InChI=1S/C20H14N2O/c1-23-17-9-12-5-2-3-7-14(12)15-10-16-19-13(6-4-8-21-19)11-22-20(16)18(15)17/h2-9,11H,10H2,1H3. The lowest BCUT2D eigenvalue weighted by molar-refractivity contribution is 0.417. The molecule has 1 aliphatic carbocycles. The van der Waals surface area contributed by atoms with Crippen molar-refractivity contribution in [3.05, 3.63) is 66.0 Å². The molecule has 5 rings (SSSR count). The Bertz CT molecular complexity index is 1090. The van der Waals surface area contributed by atoms with Gasteiger partial charge >= 0.3 is 0 Å². The maximum Gasteiger partial charge on any atom is 0.129 e. The van der Waals surface area contributed by atoms with E-state index in [0.29, 0.717) is 0 Å². The summed E-state index contributed by atoms with van der Waals surface area (Å²) in [5.74, 6) is 0.889. The van der Waals surface area contributed by atoms with Gasteiger partial charge in [0.15, 0.2) is 0 Å². The summed E-state index contributed by atoms with van der Waals surface area (Å²) in [6.07, 6.45) is 4.61. The highest BCUT2D eigenvalue weighted by molar-refractivity contribution is 6.00. The van der Waals surface area contributed by atoms with E-state index in [9.17, 15) is 0 Å². The van der Waals surface area contributed by atoms with E-state index in [1.165, 1.54) is 21.9 Å². The van der Waals surface area contributed by atoms with Gasteiger partial charge in [-0.15, -0.1) is 0 Å². The first-order chi connectivity index (χ1) is 11.4. The van der Waals surface area contributed by atoms with Gasteiger partial charge in [0.2, 0.25) is 0 Å². The fraction of sp³-hybridized carbons (Fsp3) is 0.100. The summed E-state index contributed by atoms with van der Waals surface area (Å²) in [6, 6.07) is 14.6. The molecular formula is C20H14N2O. The van der Waals surface area contributed by atoms with Crippen LogP contribution in [0.3, 0.4) is 0 Å². The Morgan fingerprint density at radius 3 is 2.74 bits per heavy atom. The molecule has 0 aliphatic heterocycles. The van der Waals surface area contributed by atoms with Crippen LogP contribution in [0.1, 0.15) is 11.1 Å². The summed E-state index contributed by atoms with van der Waals surface area (Å²) in [6.45, 7) is 0. The van der Waals surface area contributed by atoms with Crippen molar-refractivity contribution >= 4 is 21.7 Å². The van der Waals surface area contributed by atoms with E-state index in [1.807, 2.05) is 18.5 Å². The summed E-state index contributed by atoms with van der Waals surface area (Å²) >= 11 is 0. The third-order valence-electron chi connectivity index (χ3n) is 4.67. The molecule has 2 heterocycles. The highest BCUT2D eigenvalue weighted by atomic mass is 16.5. The molecule has 0 radical (unpaired) electrons. The molecule has 0 bridgehead atoms. The minimum absolute atomic E-state index is 0.851. The second kappa shape index (κ2) is 4.53. The number of pyridine rings is 2. The van der Waals surface area contributed by atoms with E-state index >= 15 is 0 Å². The molecule has 0 amide bonds. The van der Waals surface area contributed by atoms with Gasteiger partial charge in [-0.25, -0.2) is 0 Å². The molecule has 0 N–H and O–H groups in total. The molecule has 2 aromatic carbocycles. The summed E-state index contributed by atoms with van der Waals surface area (Å²) in [7, 11) is 1.72. The lowest BCUT2D eigenvalue weighted by Gasteiger charge is -2.11. The van der Waals surface area contributed by atoms with Crippen LogP contribution in [0.5, 0.6) is 5.75 Å². The van der Waals surface area contributed by atoms with Crippen LogP contribution in [0.4, 0.5) is 0 Å². The highest BCUT2D eigenvalue weighted by Gasteiger charge is 2.27. The fourth-order valence-corrected chi connectivity index (χ4v) is 3.66. The molecule has 0 fully saturated rings. The summed E-state index contributed by atoms with van der Waals surface area (Å²) in [5, 5.41) is 3.56. The zero-order chi connectivity index (χ0) is 15.4. The molecule has 0 saturated heterocycles. The van der Waals surface area contributed by atoms with Crippen molar-refractivity contribution in [3.63, 3.8) is 0 Å². The van der Waals surface area contributed by atoms with Crippen molar-refractivity contribution in [2.75, 3.05) is 7.11 Å². The second-order valence-corrected chi connectivity index (χ2v) is 5.86. The highest BCUT2D eigenvalue weighted by Crippen LogP contribution is 2.46. The molecule has 3 heteroatoms. The number of nitrogens with zero attached hydrogens (tertiary/aromatic N) is 2. The number of ether oxygens (including phenoxy) is 1. The van der Waals surface area contributed by atoms with E-state index in [1.54, 1.807) is 7.11 Å². The van der Waals surface area contributed by atoms with E-state index < -0.39 is 0 Å². The summed E-state index contributed by atoms with van der Waals surface area (Å²) in [5.41, 5.74) is 5.66. The minimum Gasteiger partial charge on any atom is -0.496 e. The lowest BCUT2D eigenvalue weighted by atomic mass is 9.99. The molecule has 0 unspecified atom stereocenters.